The first-order valence-corrected chi connectivity index (χ1v) is 10.4. The van der Waals surface area contributed by atoms with Gasteiger partial charge in [-0.15, -0.1) is 0 Å². The van der Waals surface area contributed by atoms with Crippen molar-refractivity contribution in [2.24, 2.45) is 0 Å². The molecule has 3 heteroatoms. The zero-order chi connectivity index (χ0) is 18.1. The summed E-state index contributed by atoms with van der Waals surface area (Å²) in [5.41, 5.74) is 5.47. The molecule has 2 atom stereocenters. The van der Waals surface area contributed by atoms with Crippen LogP contribution in [0, 0.1) is 20.8 Å². The first kappa shape index (κ1) is 17.8. The van der Waals surface area contributed by atoms with Crippen molar-refractivity contribution < 1.29 is 4.52 Å². The molecule has 26 heavy (non-hydrogen) atoms. The lowest BCUT2D eigenvalue weighted by Gasteiger charge is -2.39. The van der Waals surface area contributed by atoms with Gasteiger partial charge in [0.05, 0.1) is 5.69 Å². The first-order valence-electron chi connectivity index (χ1n) is 10.4. The highest BCUT2D eigenvalue weighted by Crippen LogP contribution is 2.43. The fourth-order valence-corrected chi connectivity index (χ4v) is 5.39. The molecular weight excluding hydrogens is 320 g/mol. The maximum absolute atomic E-state index is 5.29. The van der Waals surface area contributed by atoms with Crippen molar-refractivity contribution in [3.05, 3.63) is 52.4 Å². The lowest BCUT2D eigenvalue weighted by atomic mass is 9.83. The molecule has 2 bridgehead atoms. The SMILES string of the molecule is Cc1ccccc1C1CC2CCC(C1)N2CCCCc1c(C)noc1C. The molecule has 1 aromatic carbocycles. The van der Waals surface area contributed by atoms with Crippen molar-refractivity contribution >= 4 is 0 Å². The number of hydrogen-bond acceptors (Lipinski definition) is 3. The molecule has 2 saturated heterocycles. The molecule has 4 rings (SSSR count). The predicted molar refractivity (Wildman–Crippen MR) is 106 cm³/mol. The van der Waals surface area contributed by atoms with Crippen LogP contribution in [0.15, 0.2) is 28.8 Å². The highest BCUT2D eigenvalue weighted by molar-refractivity contribution is 5.30. The van der Waals surface area contributed by atoms with Crippen LogP contribution in [0.25, 0.3) is 0 Å². The molecule has 0 amide bonds. The van der Waals surface area contributed by atoms with Gasteiger partial charge in [-0.3, -0.25) is 4.90 Å². The largest absolute Gasteiger partial charge is 0.361 e. The van der Waals surface area contributed by atoms with Crippen LogP contribution in [0.3, 0.4) is 0 Å². The molecule has 0 saturated carbocycles. The number of unbranched alkanes of at least 4 members (excludes halogenated alkanes) is 1. The Morgan fingerprint density at radius 2 is 1.77 bits per heavy atom. The fraction of sp³-hybridized carbons (Fsp3) is 0.609. The van der Waals surface area contributed by atoms with E-state index < -0.39 is 0 Å². The van der Waals surface area contributed by atoms with Crippen molar-refractivity contribution in [3.63, 3.8) is 0 Å². The topological polar surface area (TPSA) is 29.3 Å². The Kier molecular flexibility index (Phi) is 5.17. The summed E-state index contributed by atoms with van der Waals surface area (Å²) >= 11 is 0. The van der Waals surface area contributed by atoms with Crippen LogP contribution in [-0.4, -0.2) is 28.7 Å². The van der Waals surface area contributed by atoms with E-state index in [0.717, 1.165) is 35.9 Å². The number of aromatic nitrogens is 1. The van der Waals surface area contributed by atoms with E-state index in [1.807, 2.05) is 6.92 Å². The molecule has 0 N–H and O–H groups in total. The molecule has 3 nitrogen and oxygen atoms in total. The Balaban J connectivity index is 1.31. The van der Waals surface area contributed by atoms with Crippen molar-refractivity contribution in [1.82, 2.24) is 10.1 Å². The molecule has 2 aliphatic heterocycles. The van der Waals surface area contributed by atoms with Crippen LogP contribution in [0.2, 0.25) is 0 Å². The Morgan fingerprint density at radius 3 is 2.42 bits per heavy atom. The monoisotopic (exact) mass is 352 g/mol. The van der Waals surface area contributed by atoms with Crippen molar-refractivity contribution in [2.75, 3.05) is 6.54 Å². The summed E-state index contributed by atoms with van der Waals surface area (Å²) in [5, 5.41) is 4.08. The summed E-state index contributed by atoms with van der Waals surface area (Å²) in [7, 11) is 0. The lowest BCUT2D eigenvalue weighted by Crippen LogP contribution is -2.42. The molecule has 0 radical (unpaired) electrons. The van der Waals surface area contributed by atoms with Crippen LogP contribution < -0.4 is 0 Å². The Morgan fingerprint density at radius 1 is 1.04 bits per heavy atom. The van der Waals surface area contributed by atoms with Gasteiger partial charge in [0.2, 0.25) is 0 Å². The second-order valence-corrected chi connectivity index (χ2v) is 8.41. The maximum Gasteiger partial charge on any atom is 0.137 e. The molecule has 1 aromatic heterocycles. The van der Waals surface area contributed by atoms with Gasteiger partial charge >= 0.3 is 0 Å². The van der Waals surface area contributed by atoms with E-state index in [9.17, 15) is 0 Å². The highest BCUT2D eigenvalue weighted by atomic mass is 16.5. The Bertz CT molecular complexity index is 717. The maximum atomic E-state index is 5.29. The molecule has 140 valence electrons. The van der Waals surface area contributed by atoms with E-state index in [1.54, 1.807) is 5.56 Å². The second kappa shape index (κ2) is 7.56. The van der Waals surface area contributed by atoms with Gasteiger partial charge in [-0.05, 0) is 89.3 Å². The number of aryl methyl sites for hydroxylation is 3. The van der Waals surface area contributed by atoms with Gasteiger partial charge in [-0.1, -0.05) is 29.4 Å². The van der Waals surface area contributed by atoms with Gasteiger partial charge in [-0.2, -0.15) is 0 Å². The number of piperidine rings is 1. The van der Waals surface area contributed by atoms with E-state index in [1.165, 1.54) is 56.2 Å². The number of hydrogen-bond donors (Lipinski definition) is 0. The van der Waals surface area contributed by atoms with E-state index in [2.05, 4.69) is 48.2 Å². The third kappa shape index (κ3) is 3.46. The van der Waals surface area contributed by atoms with Crippen LogP contribution >= 0.6 is 0 Å². The predicted octanol–water partition coefficient (Wildman–Crippen LogP) is 5.33. The van der Waals surface area contributed by atoms with Crippen molar-refractivity contribution in [3.8, 4) is 0 Å². The molecule has 2 aliphatic rings. The normalized spacial score (nSPS) is 25.7. The molecule has 0 aliphatic carbocycles. The van der Waals surface area contributed by atoms with Crippen molar-refractivity contribution in [1.29, 1.82) is 0 Å². The zero-order valence-electron chi connectivity index (χ0n) is 16.5. The molecule has 3 heterocycles. The molecular formula is C23H32N2O. The number of rotatable bonds is 6. The molecule has 0 spiro atoms. The second-order valence-electron chi connectivity index (χ2n) is 8.41. The van der Waals surface area contributed by atoms with E-state index in [0.29, 0.717) is 0 Å². The molecule has 2 unspecified atom stereocenters. The zero-order valence-corrected chi connectivity index (χ0v) is 16.5. The summed E-state index contributed by atoms with van der Waals surface area (Å²) in [4.78, 5) is 2.84. The molecule has 2 aromatic rings. The summed E-state index contributed by atoms with van der Waals surface area (Å²) in [6, 6.07) is 10.6. The van der Waals surface area contributed by atoms with Gasteiger partial charge in [0, 0.05) is 17.6 Å². The summed E-state index contributed by atoms with van der Waals surface area (Å²) in [5.74, 6) is 1.77. The molecule has 2 fully saturated rings. The minimum Gasteiger partial charge on any atom is -0.361 e. The Hall–Kier alpha value is -1.61. The third-order valence-electron chi connectivity index (χ3n) is 6.79. The summed E-state index contributed by atoms with van der Waals surface area (Å²) in [6.45, 7) is 7.63. The van der Waals surface area contributed by atoms with Crippen LogP contribution in [0.5, 0.6) is 0 Å². The smallest absolute Gasteiger partial charge is 0.137 e. The Labute approximate surface area is 157 Å². The third-order valence-corrected chi connectivity index (χ3v) is 6.79. The number of benzene rings is 1. The number of nitrogens with zero attached hydrogens (tertiary/aromatic N) is 2. The van der Waals surface area contributed by atoms with Gasteiger partial charge in [0.25, 0.3) is 0 Å². The van der Waals surface area contributed by atoms with E-state index in [-0.39, 0.29) is 0 Å². The van der Waals surface area contributed by atoms with E-state index >= 15 is 0 Å². The van der Waals surface area contributed by atoms with Crippen LogP contribution in [0.1, 0.15) is 72.6 Å². The van der Waals surface area contributed by atoms with Gasteiger partial charge in [0.1, 0.15) is 5.76 Å². The van der Waals surface area contributed by atoms with Crippen molar-refractivity contribution in [2.45, 2.75) is 83.7 Å². The van der Waals surface area contributed by atoms with Gasteiger partial charge in [0.15, 0.2) is 0 Å². The van der Waals surface area contributed by atoms with Crippen LogP contribution in [0.4, 0.5) is 0 Å². The fourth-order valence-electron chi connectivity index (χ4n) is 5.39. The van der Waals surface area contributed by atoms with Gasteiger partial charge < -0.3 is 4.52 Å². The van der Waals surface area contributed by atoms with E-state index in [4.69, 9.17) is 4.52 Å². The summed E-state index contributed by atoms with van der Waals surface area (Å²) in [6.07, 6.45) is 9.13. The first-order chi connectivity index (χ1) is 12.6. The minimum absolute atomic E-state index is 0.771. The highest BCUT2D eigenvalue weighted by Gasteiger charge is 2.40. The summed E-state index contributed by atoms with van der Waals surface area (Å²) < 4.78 is 5.29. The lowest BCUT2D eigenvalue weighted by molar-refractivity contribution is 0.124. The quantitative estimate of drug-likeness (QED) is 0.658. The van der Waals surface area contributed by atoms with Crippen LogP contribution in [-0.2, 0) is 6.42 Å². The standard InChI is InChI=1S/C23H32N2O/c1-16-8-4-5-9-22(16)19-14-20-11-12-21(15-19)25(20)13-7-6-10-23-17(2)24-26-18(23)3/h4-5,8-9,19-21H,6-7,10-15H2,1-3H3. The average molecular weight is 353 g/mol. The minimum atomic E-state index is 0.771. The number of fused-ring (bicyclic) bond motifs is 2. The average Bonchev–Trinajstić information content (AvgIpc) is 3.07. The van der Waals surface area contributed by atoms with Gasteiger partial charge in [-0.25, -0.2) is 0 Å².